The lowest BCUT2D eigenvalue weighted by Gasteiger charge is -2.45. The molecule has 0 radical (unpaired) electrons. The minimum Gasteiger partial charge on any atom is -0.411 e. The summed E-state index contributed by atoms with van der Waals surface area (Å²) in [6, 6.07) is 0. The smallest absolute Gasteiger partial charge is 0.200 e. The molecule has 33 heavy (non-hydrogen) atoms. The number of rotatable bonds is 19. The maximum absolute atomic E-state index is 9.62. The predicted molar refractivity (Wildman–Crippen MR) is 155 cm³/mol. The van der Waals surface area contributed by atoms with Crippen molar-refractivity contribution in [2.75, 3.05) is 6.61 Å². The molecule has 198 valence electrons. The second-order valence-electron chi connectivity index (χ2n) is 11.4. The van der Waals surface area contributed by atoms with Crippen LogP contribution in [0.2, 0.25) is 16.6 Å². The normalized spacial score (nSPS) is 21.5. The van der Waals surface area contributed by atoms with Crippen LogP contribution in [-0.4, -0.2) is 42.3 Å². The molecule has 1 saturated heterocycles. The van der Waals surface area contributed by atoms with E-state index in [-0.39, 0.29) is 28.8 Å². The number of ether oxygens (including phenoxy) is 1. The van der Waals surface area contributed by atoms with Crippen LogP contribution in [0.25, 0.3) is 0 Å². The van der Waals surface area contributed by atoms with Crippen LogP contribution in [0.4, 0.5) is 0 Å². The van der Waals surface area contributed by atoms with Gasteiger partial charge in [-0.15, -0.1) is 0 Å². The fourth-order valence-corrected chi connectivity index (χ4v) is 12.3. The maximum Gasteiger partial charge on any atom is 0.200 e. The van der Waals surface area contributed by atoms with Crippen molar-refractivity contribution in [3.05, 3.63) is 0 Å². The quantitative estimate of drug-likeness (QED) is 0.0699. The van der Waals surface area contributed by atoms with Crippen molar-refractivity contribution in [1.82, 2.24) is 0 Å². The van der Waals surface area contributed by atoms with Crippen molar-refractivity contribution in [2.45, 2.75) is 171 Å². The van der Waals surface area contributed by atoms with Crippen LogP contribution in [-0.2, 0) is 9.16 Å². The van der Waals surface area contributed by atoms with Crippen LogP contribution in [0.3, 0.4) is 0 Å². The molecule has 0 aromatic heterocycles. The Morgan fingerprint density at radius 1 is 0.788 bits per heavy atom. The molecule has 0 amide bonds. The summed E-state index contributed by atoms with van der Waals surface area (Å²) in [6.07, 6.45) is 17.5. The zero-order valence-corrected chi connectivity index (χ0v) is 26.2. The zero-order chi connectivity index (χ0) is 24.9. The van der Waals surface area contributed by atoms with Crippen LogP contribution in [0.15, 0.2) is 0 Å². The molecule has 1 heterocycles. The van der Waals surface area contributed by atoms with Gasteiger partial charge in [0.2, 0.25) is 8.32 Å². The number of aliphatic hydroxyl groups excluding tert-OH is 1. The molecule has 0 unspecified atom stereocenters. The molecule has 0 aromatic carbocycles. The molecule has 1 aliphatic heterocycles. The molecule has 0 aromatic rings. The van der Waals surface area contributed by atoms with Crippen molar-refractivity contribution in [3.8, 4) is 0 Å². The van der Waals surface area contributed by atoms with E-state index in [1.165, 1.54) is 64.2 Å². The predicted octanol–water partition coefficient (Wildman–Crippen LogP) is 9.20. The highest BCUT2D eigenvalue weighted by Gasteiger charge is 2.48. The van der Waals surface area contributed by atoms with Crippen molar-refractivity contribution >= 4 is 30.9 Å². The molecule has 1 rings (SSSR count). The summed E-state index contributed by atoms with van der Waals surface area (Å²) in [4.78, 5) is 0. The summed E-state index contributed by atoms with van der Waals surface area (Å²) in [7, 11) is -1.94. The number of alkyl halides is 1. The summed E-state index contributed by atoms with van der Waals surface area (Å²) in [5.41, 5.74) is 1.79. The molecule has 1 fully saturated rings. The standard InChI is InChI=1S/C28H57IO3Si/c1-8-9-10-11-12-13-14-15-16-17-18-28(27-20-19-26(31-27)25(29)21-30)32-33(22(2)3,23(4)5)24(6)7/h22-28,30H,8-21H2,1-7H3/t25-,26+,27+,28+/m0/s1. The molecular formula is C28H57IO3Si. The highest BCUT2D eigenvalue weighted by Crippen LogP contribution is 2.45. The first-order valence-electron chi connectivity index (χ1n) is 14.3. The second kappa shape index (κ2) is 17.3. The zero-order valence-electron chi connectivity index (χ0n) is 23.1. The summed E-state index contributed by atoms with van der Waals surface area (Å²) in [5, 5.41) is 9.62. The topological polar surface area (TPSA) is 38.7 Å². The van der Waals surface area contributed by atoms with Gasteiger partial charge in [0.25, 0.3) is 0 Å². The Morgan fingerprint density at radius 3 is 1.70 bits per heavy atom. The van der Waals surface area contributed by atoms with Gasteiger partial charge in [-0.25, -0.2) is 0 Å². The van der Waals surface area contributed by atoms with Gasteiger partial charge in [0.05, 0.1) is 28.8 Å². The van der Waals surface area contributed by atoms with E-state index < -0.39 is 8.32 Å². The molecule has 3 nitrogen and oxygen atoms in total. The van der Waals surface area contributed by atoms with Crippen molar-refractivity contribution in [1.29, 1.82) is 0 Å². The first kappa shape index (κ1) is 31.9. The lowest BCUT2D eigenvalue weighted by atomic mass is 10.0. The van der Waals surface area contributed by atoms with Gasteiger partial charge in [-0.2, -0.15) is 0 Å². The van der Waals surface area contributed by atoms with Crippen molar-refractivity contribution < 1.29 is 14.3 Å². The summed E-state index contributed by atoms with van der Waals surface area (Å²) < 4.78 is 14.0. The van der Waals surface area contributed by atoms with E-state index in [1.807, 2.05) is 0 Å². The Labute approximate surface area is 221 Å². The summed E-state index contributed by atoms with van der Waals surface area (Å²) in [6.45, 7) is 16.8. The van der Waals surface area contributed by atoms with Crippen LogP contribution < -0.4 is 0 Å². The van der Waals surface area contributed by atoms with Crippen LogP contribution in [0.1, 0.15) is 132 Å². The molecule has 0 aliphatic carbocycles. The number of halogens is 1. The van der Waals surface area contributed by atoms with Gasteiger partial charge in [-0.3, -0.25) is 0 Å². The fourth-order valence-electron chi connectivity index (χ4n) is 6.17. The Kier molecular flexibility index (Phi) is 16.7. The van der Waals surface area contributed by atoms with E-state index in [4.69, 9.17) is 9.16 Å². The molecular weight excluding hydrogens is 539 g/mol. The van der Waals surface area contributed by atoms with Gasteiger partial charge in [0.15, 0.2) is 0 Å². The van der Waals surface area contributed by atoms with E-state index in [1.54, 1.807) is 0 Å². The minimum absolute atomic E-state index is 0.174. The largest absolute Gasteiger partial charge is 0.411 e. The Balaban J connectivity index is 2.68. The van der Waals surface area contributed by atoms with Crippen LogP contribution in [0, 0.1) is 0 Å². The third kappa shape index (κ3) is 10.4. The average Bonchev–Trinajstić information content (AvgIpc) is 3.26. The van der Waals surface area contributed by atoms with E-state index in [0.29, 0.717) is 16.6 Å². The van der Waals surface area contributed by atoms with E-state index in [0.717, 1.165) is 19.3 Å². The third-order valence-electron chi connectivity index (χ3n) is 7.98. The molecule has 5 heteroatoms. The lowest BCUT2D eigenvalue weighted by molar-refractivity contribution is -0.0353. The molecule has 0 saturated carbocycles. The van der Waals surface area contributed by atoms with E-state index >= 15 is 0 Å². The molecule has 1 N–H and O–H groups in total. The first-order chi connectivity index (χ1) is 15.7. The first-order valence-corrected chi connectivity index (χ1v) is 17.7. The van der Waals surface area contributed by atoms with Crippen molar-refractivity contribution in [2.24, 2.45) is 0 Å². The van der Waals surface area contributed by atoms with Crippen LogP contribution in [0.5, 0.6) is 0 Å². The SMILES string of the molecule is CCCCCCCCCCCC[C@@H](O[Si](C(C)C)(C(C)C)C(C)C)[C@H]1CC[C@H]([C@@H](I)CO)O1. The van der Waals surface area contributed by atoms with Gasteiger partial charge < -0.3 is 14.3 Å². The van der Waals surface area contributed by atoms with Gasteiger partial charge in [-0.1, -0.05) is 135 Å². The summed E-state index contributed by atoms with van der Waals surface area (Å²) in [5.74, 6) is 0. The van der Waals surface area contributed by atoms with Gasteiger partial charge in [0.1, 0.15) is 0 Å². The summed E-state index contributed by atoms with van der Waals surface area (Å²) >= 11 is 2.35. The Hall–Kier alpha value is 0.827. The third-order valence-corrected chi connectivity index (χ3v) is 15.3. The molecule has 0 bridgehead atoms. The molecule has 1 aliphatic rings. The number of hydrogen-bond acceptors (Lipinski definition) is 3. The van der Waals surface area contributed by atoms with Gasteiger partial charge >= 0.3 is 0 Å². The minimum atomic E-state index is -1.94. The molecule has 0 spiro atoms. The number of hydrogen-bond donors (Lipinski definition) is 1. The highest BCUT2D eigenvalue weighted by molar-refractivity contribution is 14.1. The van der Waals surface area contributed by atoms with Crippen LogP contribution >= 0.6 is 22.6 Å². The highest BCUT2D eigenvalue weighted by atomic mass is 127. The number of unbranched alkanes of at least 4 members (excludes halogenated alkanes) is 9. The van der Waals surface area contributed by atoms with Gasteiger partial charge in [0, 0.05) is 0 Å². The maximum atomic E-state index is 9.62. The molecule has 4 atom stereocenters. The van der Waals surface area contributed by atoms with E-state index in [9.17, 15) is 5.11 Å². The lowest BCUT2D eigenvalue weighted by Crippen LogP contribution is -2.52. The van der Waals surface area contributed by atoms with E-state index in [2.05, 4.69) is 71.1 Å². The number of aliphatic hydroxyl groups is 1. The Morgan fingerprint density at radius 2 is 1.24 bits per heavy atom. The fraction of sp³-hybridized carbons (Fsp3) is 1.00. The average molecular weight is 597 g/mol. The monoisotopic (exact) mass is 596 g/mol. The van der Waals surface area contributed by atoms with Gasteiger partial charge in [-0.05, 0) is 35.9 Å². The Bertz CT molecular complexity index is 464. The second-order valence-corrected chi connectivity index (χ2v) is 18.4. The van der Waals surface area contributed by atoms with Crippen molar-refractivity contribution in [3.63, 3.8) is 0 Å².